The molecule has 0 atom stereocenters. The Balaban J connectivity index is 2.27. The zero-order valence-corrected chi connectivity index (χ0v) is 11.1. The fourth-order valence-corrected chi connectivity index (χ4v) is 1.44. The molecule has 86 valence electrons. The van der Waals surface area contributed by atoms with Crippen LogP contribution in [0.4, 0.5) is 0 Å². The predicted octanol–water partition coefficient (Wildman–Crippen LogP) is 3.55. The van der Waals surface area contributed by atoms with E-state index in [2.05, 4.69) is 27.0 Å². The second kappa shape index (κ2) is 5.86. The number of nitrogens with zero attached hydrogens (tertiary/aromatic N) is 2. The van der Waals surface area contributed by atoms with Gasteiger partial charge in [-0.2, -0.15) is 5.26 Å². The first-order valence-electron chi connectivity index (χ1n) is 5.19. The van der Waals surface area contributed by atoms with Crippen molar-refractivity contribution in [1.82, 2.24) is 4.98 Å². The van der Waals surface area contributed by atoms with Gasteiger partial charge in [0.05, 0.1) is 24.3 Å². The van der Waals surface area contributed by atoms with Gasteiger partial charge < -0.3 is 4.74 Å². The summed E-state index contributed by atoms with van der Waals surface area (Å²) >= 11 is 3.26. The topological polar surface area (TPSA) is 45.9 Å². The van der Waals surface area contributed by atoms with Crippen molar-refractivity contribution in [2.45, 2.75) is 26.7 Å². The van der Waals surface area contributed by atoms with Crippen LogP contribution in [-0.4, -0.2) is 11.6 Å². The van der Waals surface area contributed by atoms with E-state index in [1.807, 2.05) is 26.0 Å². The summed E-state index contributed by atoms with van der Waals surface area (Å²) in [6.45, 7) is 4.50. The molecule has 1 heterocycles. The van der Waals surface area contributed by atoms with Crippen LogP contribution in [0.15, 0.2) is 22.9 Å². The third-order valence-electron chi connectivity index (χ3n) is 2.22. The summed E-state index contributed by atoms with van der Waals surface area (Å²) in [5.41, 5.74) is -0.263. The lowest BCUT2D eigenvalue weighted by Gasteiger charge is -2.14. The fourth-order valence-electron chi connectivity index (χ4n) is 1.21. The lowest BCUT2D eigenvalue weighted by atomic mass is 9.90. The molecule has 0 aliphatic heterocycles. The molecular weight excluding hydrogens is 268 g/mol. The van der Waals surface area contributed by atoms with Crippen LogP contribution in [-0.2, 0) is 0 Å². The minimum absolute atomic E-state index is 0.263. The number of halogens is 1. The monoisotopic (exact) mass is 282 g/mol. The van der Waals surface area contributed by atoms with Gasteiger partial charge >= 0.3 is 0 Å². The van der Waals surface area contributed by atoms with Gasteiger partial charge in [0.25, 0.3) is 0 Å². The normalized spacial score (nSPS) is 10.9. The van der Waals surface area contributed by atoms with Crippen LogP contribution < -0.4 is 4.74 Å². The van der Waals surface area contributed by atoms with Crippen LogP contribution in [0.2, 0.25) is 0 Å². The summed E-state index contributed by atoms with van der Waals surface area (Å²) in [7, 11) is 0. The maximum absolute atomic E-state index is 8.83. The van der Waals surface area contributed by atoms with Gasteiger partial charge in [-0.05, 0) is 54.8 Å². The molecular formula is C12H15BrN2O. The average molecular weight is 283 g/mol. The highest BCUT2D eigenvalue weighted by atomic mass is 79.9. The molecule has 0 bridgehead atoms. The molecule has 0 saturated carbocycles. The van der Waals surface area contributed by atoms with E-state index in [0.717, 1.165) is 23.2 Å². The molecule has 1 aromatic rings. The van der Waals surface area contributed by atoms with Gasteiger partial charge in [-0.15, -0.1) is 0 Å². The zero-order chi connectivity index (χ0) is 12.0. The van der Waals surface area contributed by atoms with E-state index in [-0.39, 0.29) is 5.41 Å². The second-order valence-corrected chi connectivity index (χ2v) is 5.08. The molecule has 0 unspecified atom stereocenters. The summed E-state index contributed by atoms with van der Waals surface area (Å²) in [4.78, 5) is 4.06. The number of ether oxygens (including phenoxy) is 1. The quantitative estimate of drug-likeness (QED) is 0.613. The summed E-state index contributed by atoms with van der Waals surface area (Å²) < 4.78 is 6.30. The Morgan fingerprint density at radius 1 is 1.50 bits per heavy atom. The van der Waals surface area contributed by atoms with Crippen molar-refractivity contribution >= 4 is 15.9 Å². The van der Waals surface area contributed by atoms with E-state index in [1.54, 1.807) is 6.20 Å². The SMILES string of the molecule is CC(C)(C#N)CCCOc1ccc(Br)nc1. The number of hydrogen-bond acceptors (Lipinski definition) is 3. The van der Waals surface area contributed by atoms with Gasteiger partial charge in [-0.25, -0.2) is 4.98 Å². The van der Waals surface area contributed by atoms with Crippen molar-refractivity contribution in [2.24, 2.45) is 5.41 Å². The van der Waals surface area contributed by atoms with E-state index < -0.39 is 0 Å². The Hall–Kier alpha value is -1.08. The standard InChI is InChI=1S/C12H15BrN2O/c1-12(2,9-14)6-3-7-16-10-4-5-11(13)15-8-10/h4-5,8H,3,6-7H2,1-2H3. The molecule has 0 aliphatic rings. The van der Waals surface area contributed by atoms with Crippen LogP contribution in [0.25, 0.3) is 0 Å². The van der Waals surface area contributed by atoms with Crippen molar-refractivity contribution in [3.05, 3.63) is 22.9 Å². The first kappa shape index (κ1) is 13.0. The number of hydrogen-bond donors (Lipinski definition) is 0. The molecule has 0 radical (unpaired) electrons. The third-order valence-corrected chi connectivity index (χ3v) is 2.69. The molecule has 0 aromatic carbocycles. The molecule has 1 rings (SSSR count). The molecule has 0 N–H and O–H groups in total. The maximum Gasteiger partial charge on any atom is 0.137 e. The smallest absolute Gasteiger partial charge is 0.137 e. The molecule has 0 aliphatic carbocycles. The van der Waals surface area contributed by atoms with Crippen LogP contribution >= 0.6 is 15.9 Å². The molecule has 0 fully saturated rings. The Bertz CT molecular complexity index is 368. The van der Waals surface area contributed by atoms with Crippen molar-refractivity contribution in [3.8, 4) is 11.8 Å². The highest BCUT2D eigenvalue weighted by Crippen LogP contribution is 2.21. The number of rotatable bonds is 5. The number of pyridine rings is 1. The fraction of sp³-hybridized carbons (Fsp3) is 0.500. The predicted molar refractivity (Wildman–Crippen MR) is 66.1 cm³/mol. The van der Waals surface area contributed by atoms with Crippen molar-refractivity contribution in [1.29, 1.82) is 5.26 Å². The minimum Gasteiger partial charge on any atom is -0.492 e. The van der Waals surface area contributed by atoms with Gasteiger partial charge in [-0.1, -0.05) is 0 Å². The van der Waals surface area contributed by atoms with Crippen LogP contribution in [0.1, 0.15) is 26.7 Å². The van der Waals surface area contributed by atoms with Gasteiger partial charge in [0, 0.05) is 0 Å². The van der Waals surface area contributed by atoms with Gasteiger partial charge in [-0.3, -0.25) is 0 Å². The summed E-state index contributed by atoms with van der Waals surface area (Å²) in [6.07, 6.45) is 3.39. The van der Waals surface area contributed by atoms with Crippen LogP contribution in [0.5, 0.6) is 5.75 Å². The molecule has 16 heavy (non-hydrogen) atoms. The van der Waals surface area contributed by atoms with Crippen molar-refractivity contribution < 1.29 is 4.74 Å². The number of nitriles is 1. The van der Waals surface area contributed by atoms with Crippen molar-refractivity contribution in [2.75, 3.05) is 6.61 Å². The van der Waals surface area contributed by atoms with E-state index >= 15 is 0 Å². The molecule has 3 nitrogen and oxygen atoms in total. The maximum atomic E-state index is 8.83. The summed E-state index contributed by atoms with van der Waals surface area (Å²) in [6, 6.07) is 5.98. The average Bonchev–Trinajstić information content (AvgIpc) is 2.27. The Morgan fingerprint density at radius 2 is 2.25 bits per heavy atom. The Labute approximate surface area is 105 Å². The van der Waals surface area contributed by atoms with Crippen molar-refractivity contribution in [3.63, 3.8) is 0 Å². The van der Waals surface area contributed by atoms with E-state index in [9.17, 15) is 0 Å². The van der Waals surface area contributed by atoms with E-state index in [1.165, 1.54) is 0 Å². The first-order valence-corrected chi connectivity index (χ1v) is 5.98. The first-order chi connectivity index (χ1) is 7.53. The second-order valence-electron chi connectivity index (χ2n) is 4.26. The van der Waals surface area contributed by atoms with Gasteiger partial charge in [0.1, 0.15) is 10.4 Å². The van der Waals surface area contributed by atoms with E-state index in [0.29, 0.717) is 6.61 Å². The van der Waals surface area contributed by atoms with Crippen LogP contribution in [0, 0.1) is 16.7 Å². The summed E-state index contributed by atoms with van der Waals surface area (Å²) in [5.74, 6) is 0.762. The minimum atomic E-state index is -0.263. The zero-order valence-electron chi connectivity index (χ0n) is 9.53. The third kappa shape index (κ3) is 4.63. The lowest BCUT2D eigenvalue weighted by Crippen LogP contribution is -2.10. The molecule has 4 heteroatoms. The van der Waals surface area contributed by atoms with Gasteiger partial charge in [0.2, 0.25) is 0 Å². The number of aromatic nitrogens is 1. The van der Waals surface area contributed by atoms with Crippen LogP contribution in [0.3, 0.4) is 0 Å². The molecule has 1 aromatic heterocycles. The molecule has 0 amide bonds. The van der Waals surface area contributed by atoms with Gasteiger partial charge in [0.15, 0.2) is 0 Å². The lowest BCUT2D eigenvalue weighted by molar-refractivity contribution is 0.283. The largest absolute Gasteiger partial charge is 0.492 e. The highest BCUT2D eigenvalue weighted by molar-refractivity contribution is 9.10. The van der Waals surface area contributed by atoms with E-state index in [4.69, 9.17) is 10.00 Å². The Kier molecular flexibility index (Phi) is 4.75. The Morgan fingerprint density at radius 3 is 2.81 bits per heavy atom. The molecule has 0 spiro atoms. The summed E-state index contributed by atoms with van der Waals surface area (Å²) in [5, 5.41) is 8.83. The highest BCUT2D eigenvalue weighted by Gasteiger charge is 2.15. The molecule has 0 saturated heterocycles.